The molecule has 5 aromatic rings. The van der Waals surface area contributed by atoms with E-state index in [2.05, 4.69) is 50.2 Å². The van der Waals surface area contributed by atoms with Crippen LogP contribution in [0.5, 0.6) is 11.5 Å². The molecule has 0 saturated heterocycles. The molecule has 0 spiro atoms. The van der Waals surface area contributed by atoms with Crippen molar-refractivity contribution >= 4 is 125 Å². The number of nitrogens with zero attached hydrogens (tertiary/aromatic N) is 7. The summed E-state index contributed by atoms with van der Waals surface area (Å²) >= 11 is 12.2. The third-order valence-electron chi connectivity index (χ3n) is 7.92. The Hall–Kier alpha value is -5.32. The summed E-state index contributed by atoms with van der Waals surface area (Å²) in [7, 11) is -24.4. The molecule has 0 aliphatic carbocycles. The van der Waals surface area contributed by atoms with E-state index in [1.807, 2.05) is 0 Å². The molecule has 26 nitrogen and oxygen atoms in total. The number of phenolic OH excluding ortho intramolecular Hbond substituents is 2. The van der Waals surface area contributed by atoms with Gasteiger partial charge in [-0.15, -0.1) is 20.5 Å². The molecular weight excluding hydrogens is 990 g/mol. The maximum atomic E-state index is 12.9. The molecule has 0 bridgehead atoms. The largest absolute Gasteiger partial charge is 0.506 e. The van der Waals surface area contributed by atoms with Crippen molar-refractivity contribution in [2.75, 3.05) is 35.3 Å². The van der Waals surface area contributed by atoms with Crippen LogP contribution in [0.25, 0.3) is 10.8 Å². The Morgan fingerprint density at radius 2 is 1.32 bits per heavy atom. The molecule has 0 fully saturated rings. The van der Waals surface area contributed by atoms with Gasteiger partial charge in [0.2, 0.25) is 17.2 Å². The van der Waals surface area contributed by atoms with E-state index >= 15 is 0 Å². The number of aryl methyl sites for hydroxylation is 1. The first kappa shape index (κ1) is 48.7. The number of rotatable bonds is 17. The summed E-state index contributed by atoms with van der Waals surface area (Å²) in [6.45, 7) is 0.231. The van der Waals surface area contributed by atoms with Gasteiger partial charge in [-0.1, -0.05) is 11.6 Å². The lowest BCUT2D eigenvalue weighted by Gasteiger charge is -2.15. The highest BCUT2D eigenvalue weighted by atomic mass is 35.5. The Morgan fingerprint density at radius 3 is 1.95 bits per heavy atom. The number of sulfone groups is 1. The van der Waals surface area contributed by atoms with Crippen LogP contribution in [0.2, 0.25) is 10.3 Å². The van der Waals surface area contributed by atoms with Gasteiger partial charge in [-0.05, 0) is 72.6 Å². The summed E-state index contributed by atoms with van der Waals surface area (Å²) in [4.78, 5) is 8.48. The zero-order valence-corrected chi connectivity index (χ0v) is 36.6. The lowest BCUT2D eigenvalue weighted by molar-refractivity contribution is 0.284. The van der Waals surface area contributed by atoms with Crippen LogP contribution in [-0.4, -0.2) is 110 Å². The Labute approximate surface area is 365 Å². The van der Waals surface area contributed by atoms with E-state index in [4.69, 9.17) is 27.8 Å². The minimum Gasteiger partial charge on any atom is -0.506 e. The van der Waals surface area contributed by atoms with Crippen molar-refractivity contribution in [3.8, 4) is 11.5 Å². The first-order valence-electron chi connectivity index (χ1n) is 16.5. The molecule has 0 aliphatic heterocycles. The number of fused-ring (bicyclic) bond motifs is 1. The van der Waals surface area contributed by atoms with Gasteiger partial charge in [0.25, 0.3) is 30.4 Å². The smallest absolute Gasteiger partial charge is 0.397 e. The lowest BCUT2D eigenvalue weighted by atomic mass is 10.1. The number of azo groups is 2. The van der Waals surface area contributed by atoms with Crippen molar-refractivity contribution in [3.05, 3.63) is 64.4 Å². The number of aromatic hydroxyl groups is 2. The molecule has 338 valence electrons. The minimum absolute atomic E-state index is 0.0790. The first-order chi connectivity index (χ1) is 29.0. The first-order valence-corrected chi connectivity index (χ1v) is 24.8. The monoisotopic (exact) mass is 1010 g/mol. The van der Waals surface area contributed by atoms with Crippen molar-refractivity contribution in [1.82, 2.24) is 15.0 Å². The summed E-state index contributed by atoms with van der Waals surface area (Å²) in [5, 5.41) is 40.1. The molecule has 1 aromatic heterocycles. The van der Waals surface area contributed by atoms with Crippen molar-refractivity contribution in [3.63, 3.8) is 0 Å². The molecule has 0 unspecified atom stereocenters. The molecular formula is C30H27Cl2N9O17S5. The molecule has 4 aromatic carbocycles. The summed E-state index contributed by atoms with van der Waals surface area (Å²) in [6.07, 6.45) is 0. The quantitative estimate of drug-likeness (QED) is 0.0448. The van der Waals surface area contributed by atoms with Gasteiger partial charge in [-0.2, -0.15) is 48.6 Å². The summed E-state index contributed by atoms with van der Waals surface area (Å²) < 4.78 is 163. The number of anilines is 3. The number of hydrogen-bond acceptors (Lipinski definition) is 22. The molecule has 0 saturated carbocycles. The maximum Gasteiger partial charge on any atom is 0.397 e. The highest BCUT2D eigenvalue weighted by Gasteiger charge is 2.28. The van der Waals surface area contributed by atoms with E-state index in [1.54, 1.807) is 0 Å². The van der Waals surface area contributed by atoms with Crippen LogP contribution in [0.3, 0.4) is 0 Å². The van der Waals surface area contributed by atoms with Gasteiger partial charge >= 0.3 is 10.4 Å². The average Bonchev–Trinajstić information content (AvgIpc) is 3.13. The fourth-order valence-electron chi connectivity index (χ4n) is 5.13. The normalized spacial score (nSPS) is 13.0. The van der Waals surface area contributed by atoms with Gasteiger partial charge < -0.3 is 20.8 Å². The molecule has 1 heterocycles. The number of hydrogen-bond donors (Lipinski definition) is 8. The maximum absolute atomic E-state index is 12.9. The van der Waals surface area contributed by atoms with E-state index in [-0.39, 0.29) is 22.3 Å². The van der Waals surface area contributed by atoms with E-state index in [0.29, 0.717) is 11.6 Å². The van der Waals surface area contributed by atoms with Crippen molar-refractivity contribution < 1.29 is 74.7 Å². The molecule has 0 amide bonds. The molecule has 8 N–H and O–H groups in total. The Bertz CT molecular complexity index is 3310. The molecule has 63 heavy (non-hydrogen) atoms. The van der Waals surface area contributed by atoms with Crippen LogP contribution in [-0.2, 0) is 54.8 Å². The second-order valence-corrected chi connectivity index (χ2v) is 20.7. The van der Waals surface area contributed by atoms with E-state index < -0.39 is 140 Å². The van der Waals surface area contributed by atoms with Crippen LogP contribution >= 0.6 is 23.2 Å². The Morgan fingerprint density at radius 1 is 0.683 bits per heavy atom. The fourth-order valence-corrected chi connectivity index (χ4v) is 8.79. The van der Waals surface area contributed by atoms with Crippen LogP contribution in [0.15, 0.2) is 83.7 Å². The second-order valence-electron chi connectivity index (χ2n) is 12.4. The summed E-state index contributed by atoms with van der Waals surface area (Å²) in [5.41, 5.74) is -2.13. The van der Waals surface area contributed by atoms with Gasteiger partial charge in [0.05, 0.1) is 28.7 Å². The summed E-state index contributed by atoms with van der Waals surface area (Å²) in [6, 6.07) is 7.53. The van der Waals surface area contributed by atoms with Gasteiger partial charge in [0.1, 0.15) is 38.3 Å². The number of halogens is 2. The van der Waals surface area contributed by atoms with Crippen molar-refractivity contribution in [2.45, 2.75) is 21.6 Å². The van der Waals surface area contributed by atoms with E-state index in [9.17, 15) is 66.0 Å². The highest BCUT2D eigenvalue weighted by Crippen LogP contribution is 2.46. The van der Waals surface area contributed by atoms with Gasteiger partial charge in [-0.3, -0.25) is 18.2 Å². The lowest BCUT2D eigenvalue weighted by Crippen LogP contribution is -2.22. The zero-order valence-electron chi connectivity index (χ0n) is 31.0. The van der Waals surface area contributed by atoms with Crippen molar-refractivity contribution in [2.24, 2.45) is 20.5 Å². The molecule has 0 atom stereocenters. The minimum atomic E-state index is -5.44. The Kier molecular flexibility index (Phi) is 14.2. The van der Waals surface area contributed by atoms with Crippen LogP contribution < -0.4 is 10.6 Å². The van der Waals surface area contributed by atoms with Gasteiger partial charge in [-0.25, -0.2) is 12.6 Å². The molecule has 0 radical (unpaired) electrons. The topological polar surface area (TPSA) is 413 Å². The zero-order chi connectivity index (χ0) is 46.9. The number of aromatic nitrogens is 3. The highest BCUT2D eigenvalue weighted by molar-refractivity contribution is 7.91. The molecule has 0 aliphatic rings. The van der Waals surface area contributed by atoms with Gasteiger partial charge in [0, 0.05) is 22.3 Å². The standard InChI is InChI=1S/C30H27Cl2N9O17S5/c1-14-10-20(21(13-18(14)31)38-40-22-11-15(60(46,47)48)2-5-23(22)42)39-41-25-24(61(49,50)51)12-17-16(26(25)43)3-4-19(27(17)62(52,53)54)34-30-36-28(32)35-29(37-30)33-6-8-59(44,45)9-7-58-63(55,56)57/h2-5,10-13,42-43H,6-9H2,1H3,(H,46,47,48)(H,49,50,51)(H,52,53,54)(H,55,56,57)(H2,33,34,35,36,37). The predicted molar refractivity (Wildman–Crippen MR) is 220 cm³/mol. The second kappa shape index (κ2) is 18.4. The third-order valence-corrected chi connectivity index (χ3v) is 13.2. The van der Waals surface area contributed by atoms with Gasteiger partial charge in [0.15, 0.2) is 15.6 Å². The number of nitrogens with one attached hydrogen (secondary N) is 2. The molecule has 5 rings (SSSR count). The van der Waals surface area contributed by atoms with E-state index in [0.717, 1.165) is 30.3 Å². The van der Waals surface area contributed by atoms with Crippen LogP contribution in [0.4, 0.5) is 40.3 Å². The van der Waals surface area contributed by atoms with Crippen LogP contribution in [0, 0.1) is 6.92 Å². The summed E-state index contributed by atoms with van der Waals surface area (Å²) in [5.74, 6) is -4.04. The predicted octanol–water partition coefficient (Wildman–Crippen LogP) is 5.01. The third kappa shape index (κ3) is 12.7. The van der Waals surface area contributed by atoms with Crippen LogP contribution in [0.1, 0.15) is 5.56 Å². The average molecular weight is 1020 g/mol. The van der Waals surface area contributed by atoms with Crippen molar-refractivity contribution in [1.29, 1.82) is 0 Å². The van der Waals surface area contributed by atoms with E-state index in [1.165, 1.54) is 19.1 Å². The SMILES string of the molecule is Cc1cc(N=Nc2c(S(=O)(=O)O)cc3c(S(=O)(=O)O)c(Nc4nc(Cl)nc(NCCS(=O)(=O)CCOS(=O)(=O)O)n4)ccc3c2O)c(N=Nc2cc(S(=O)(=O)O)ccc2O)cc1Cl. The molecule has 33 heteroatoms. The Balaban J connectivity index is 1.54. The number of benzene rings is 4. The number of phenols is 2. The fraction of sp³-hybridized carbons (Fsp3) is 0.167.